The van der Waals surface area contributed by atoms with E-state index in [-0.39, 0.29) is 23.4 Å². The number of halogens is 3. The summed E-state index contributed by atoms with van der Waals surface area (Å²) < 4.78 is 33.4. The Morgan fingerprint density at radius 3 is 2.61 bits per heavy atom. The fourth-order valence-electron chi connectivity index (χ4n) is 2.65. The van der Waals surface area contributed by atoms with Gasteiger partial charge in [-0.3, -0.25) is 9.89 Å². The monoisotopic (exact) mass is 449 g/mol. The molecule has 0 bridgehead atoms. The number of anilines is 1. The highest BCUT2D eigenvalue weighted by Gasteiger charge is 2.29. The van der Waals surface area contributed by atoms with Crippen molar-refractivity contribution in [3.8, 4) is 17.0 Å². The van der Waals surface area contributed by atoms with Crippen LogP contribution >= 0.6 is 15.9 Å². The van der Waals surface area contributed by atoms with Crippen LogP contribution in [0.2, 0.25) is 0 Å². The lowest BCUT2D eigenvalue weighted by atomic mass is 10.1. The number of H-pyrrole nitrogens is 1. The lowest BCUT2D eigenvalue weighted by Crippen LogP contribution is -2.15. The van der Waals surface area contributed by atoms with Gasteiger partial charge in [0.15, 0.2) is 5.69 Å². The Morgan fingerprint density at radius 2 is 1.96 bits per heavy atom. The molecule has 0 radical (unpaired) electrons. The number of alkyl halides is 2. The first-order valence-electron chi connectivity index (χ1n) is 8.53. The smallest absolute Gasteiger partial charge is 0.277 e. The first kappa shape index (κ1) is 20.0. The minimum absolute atomic E-state index is 0.124. The molecular weight excluding hydrogens is 432 g/mol. The Hall–Kier alpha value is -2.74. The Bertz CT molecular complexity index is 987. The lowest BCUT2D eigenvalue weighted by Gasteiger charge is -2.15. The van der Waals surface area contributed by atoms with Crippen LogP contribution in [0.1, 0.15) is 29.4 Å². The Labute approximate surface area is 169 Å². The molecule has 0 spiro atoms. The van der Waals surface area contributed by atoms with Crippen molar-refractivity contribution < 1.29 is 18.3 Å². The van der Waals surface area contributed by atoms with Crippen molar-refractivity contribution in [3.63, 3.8) is 0 Å². The van der Waals surface area contributed by atoms with Crippen LogP contribution in [-0.2, 0) is 5.92 Å². The molecule has 1 aromatic heterocycles. The number of aromatic nitrogens is 2. The van der Waals surface area contributed by atoms with Gasteiger partial charge in [0.1, 0.15) is 5.75 Å². The number of benzene rings is 2. The van der Waals surface area contributed by atoms with Crippen molar-refractivity contribution in [2.24, 2.45) is 0 Å². The largest absolute Gasteiger partial charge is 0.497 e. The van der Waals surface area contributed by atoms with Crippen LogP contribution in [-0.4, -0.2) is 23.2 Å². The molecule has 3 rings (SSSR count). The quantitative estimate of drug-likeness (QED) is 0.514. The number of ether oxygens (including phenoxy) is 1. The zero-order valence-corrected chi connectivity index (χ0v) is 16.8. The van der Waals surface area contributed by atoms with Crippen molar-refractivity contribution in [3.05, 3.63) is 64.3 Å². The molecule has 0 saturated heterocycles. The first-order valence-corrected chi connectivity index (χ1v) is 9.33. The summed E-state index contributed by atoms with van der Waals surface area (Å²) in [5.41, 5.74) is 1.69. The molecule has 8 heteroatoms. The summed E-state index contributed by atoms with van der Waals surface area (Å²) in [5.74, 6) is -2.75. The van der Waals surface area contributed by atoms with Crippen LogP contribution in [0.15, 0.2) is 53.0 Å². The van der Waals surface area contributed by atoms with Gasteiger partial charge in [-0.25, -0.2) is 8.78 Å². The molecule has 28 heavy (non-hydrogen) atoms. The Balaban J connectivity index is 1.82. The summed E-state index contributed by atoms with van der Waals surface area (Å²) >= 11 is 3.39. The average molecular weight is 450 g/mol. The summed E-state index contributed by atoms with van der Waals surface area (Å²) in [7, 11) is 1.58. The summed E-state index contributed by atoms with van der Waals surface area (Å²) in [5, 5.41) is 9.49. The molecule has 5 nitrogen and oxygen atoms in total. The van der Waals surface area contributed by atoms with Gasteiger partial charge < -0.3 is 10.1 Å². The Kier molecular flexibility index (Phi) is 5.79. The van der Waals surface area contributed by atoms with Gasteiger partial charge in [0.05, 0.1) is 17.3 Å². The minimum Gasteiger partial charge on any atom is -0.497 e. The normalized spacial score (nSPS) is 11.3. The molecule has 1 heterocycles. The van der Waals surface area contributed by atoms with Gasteiger partial charge >= 0.3 is 0 Å². The van der Waals surface area contributed by atoms with Crippen LogP contribution in [0.25, 0.3) is 11.3 Å². The van der Waals surface area contributed by atoms with E-state index in [2.05, 4.69) is 31.4 Å². The van der Waals surface area contributed by atoms with Gasteiger partial charge in [-0.1, -0.05) is 19.1 Å². The van der Waals surface area contributed by atoms with Crippen molar-refractivity contribution in [2.45, 2.75) is 19.3 Å². The van der Waals surface area contributed by atoms with E-state index in [4.69, 9.17) is 4.74 Å². The number of amides is 1. The number of methoxy groups -OCH3 is 1. The molecule has 2 N–H and O–H groups in total. The number of carbonyl (C=O) groups excluding carboxylic acids is 1. The van der Waals surface area contributed by atoms with Gasteiger partial charge in [0.2, 0.25) is 0 Å². The number of aromatic amines is 1. The average Bonchev–Trinajstić information content (AvgIpc) is 3.09. The predicted molar refractivity (Wildman–Crippen MR) is 107 cm³/mol. The maximum Gasteiger partial charge on any atom is 0.277 e. The summed E-state index contributed by atoms with van der Waals surface area (Å²) in [6.07, 6.45) is -0.319. The molecule has 0 fully saturated rings. The van der Waals surface area contributed by atoms with Crippen LogP contribution < -0.4 is 10.1 Å². The first-order chi connectivity index (χ1) is 13.4. The van der Waals surface area contributed by atoms with Crippen LogP contribution in [0.5, 0.6) is 5.75 Å². The van der Waals surface area contributed by atoms with Crippen LogP contribution in [0.4, 0.5) is 14.5 Å². The SMILES string of the molecule is CCC(F)(F)c1cccc(NC(=O)c2n[nH]c(-c3ccc(OC)cc3)c2Br)c1. The molecule has 0 aliphatic heterocycles. The van der Waals surface area contributed by atoms with Crippen molar-refractivity contribution in [1.82, 2.24) is 10.2 Å². The third-order valence-electron chi connectivity index (χ3n) is 4.29. The van der Waals surface area contributed by atoms with E-state index in [1.54, 1.807) is 25.3 Å². The van der Waals surface area contributed by atoms with E-state index >= 15 is 0 Å². The van der Waals surface area contributed by atoms with E-state index < -0.39 is 11.8 Å². The van der Waals surface area contributed by atoms with E-state index in [0.717, 1.165) is 5.56 Å². The van der Waals surface area contributed by atoms with Crippen LogP contribution in [0, 0.1) is 0 Å². The second-order valence-electron chi connectivity index (χ2n) is 6.08. The van der Waals surface area contributed by atoms with Gasteiger partial charge in [0.25, 0.3) is 11.8 Å². The predicted octanol–water partition coefficient (Wildman–Crippen LogP) is 5.60. The highest BCUT2D eigenvalue weighted by Crippen LogP contribution is 2.33. The molecule has 2 aromatic carbocycles. The second kappa shape index (κ2) is 8.10. The maximum atomic E-state index is 13.9. The Morgan fingerprint density at radius 1 is 1.25 bits per heavy atom. The second-order valence-corrected chi connectivity index (χ2v) is 6.88. The molecule has 0 aliphatic rings. The summed E-state index contributed by atoms with van der Waals surface area (Å²) in [4.78, 5) is 12.6. The van der Waals surface area contributed by atoms with Crippen LogP contribution in [0.3, 0.4) is 0 Å². The lowest BCUT2D eigenvalue weighted by molar-refractivity contribution is -0.00824. The zero-order chi connectivity index (χ0) is 20.3. The van der Waals surface area contributed by atoms with E-state index in [1.165, 1.54) is 25.1 Å². The molecule has 146 valence electrons. The topological polar surface area (TPSA) is 67.0 Å². The third kappa shape index (κ3) is 4.06. The van der Waals surface area contributed by atoms with Crippen molar-refractivity contribution in [2.75, 3.05) is 12.4 Å². The number of rotatable bonds is 6. The molecule has 0 atom stereocenters. The van der Waals surface area contributed by atoms with E-state index in [0.29, 0.717) is 15.9 Å². The fourth-order valence-corrected chi connectivity index (χ4v) is 3.23. The highest BCUT2D eigenvalue weighted by atomic mass is 79.9. The summed E-state index contributed by atoms with van der Waals surface area (Å²) in [6.45, 7) is 1.41. The fraction of sp³-hybridized carbons (Fsp3) is 0.200. The number of carbonyl (C=O) groups is 1. The van der Waals surface area contributed by atoms with Gasteiger partial charge in [0, 0.05) is 23.2 Å². The summed E-state index contributed by atoms with van der Waals surface area (Å²) in [6, 6.07) is 12.9. The molecule has 3 aromatic rings. The number of hydrogen-bond donors (Lipinski definition) is 2. The highest BCUT2D eigenvalue weighted by molar-refractivity contribution is 9.10. The third-order valence-corrected chi connectivity index (χ3v) is 5.06. The zero-order valence-electron chi connectivity index (χ0n) is 15.2. The maximum absolute atomic E-state index is 13.9. The number of nitrogens with zero attached hydrogens (tertiary/aromatic N) is 1. The van der Waals surface area contributed by atoms with Gasteiger partial charge in [-0.05, 0) is 52.3 Å². The van der Waals surface area contributed by atoms with Crippen molar-refractivity contribution >= 4 is 27.5 Å². The van der Waals surface area contributed by atoms with Crippen molar-refractivity contribution in [1.29, 1.82) is 0 Å². The molecule has 0 aliphatic carbocycles. The molecule has 1 amide bonds. The van der Waals surface area contributed by atoms with E-state index in [9.17, 15) is 13.6 Å². The molecule has 0 unspecified atom stereocenters. The van der Waals surface area contributed by atoms with Gasteiger partial charge in [-0.15, -0.1) is 0 Å². The molecular formula is C20H18BrF2N3O2. The molecule has 0 saturated carbocycles. The van der Waals surface area contributed by atoms with Gasteiger partial charge in [-0.2, -0.15) is 5.10 Å². The standard InChI is InChI=1S/C20H18BrF2N3O2/c1-3-20(22,23)13-5-4-6-14(11-13)24-19(27)18-16(21)17(25-26-18)12-7-9-15(28-2)10-8-12/h4-11H,3H2,1-2H3,(H,24,27)(H,25,26). The van der Waals surface area contributed by atoms with E-state index in [1.807, 2.05) is 12.1 Å². The number of hydrogen-bond acceptors (Lipinski definition) is 3. The number of nitrogens with one attached hydrogen (secondary N) is 2. The minimum atomic E-state index is -2.95.